The van der Waals surface area contributed by atoms with Crippen molar-refractivity contribution in [3.05, 3.63) is 94.6 Å². The van der Waals surface area contributed by atoms with E-state index in [0.29, 0.717) is 34.3 Å². The molecule has 0 aliphatic carbocycles. The Labute approximate surface area is 327 Å². The molecule has 2 saturated heterocycles. The Morgan fingerprint density at radius 3 is 1.36 bits per heavy atom. The first-order valence-electron chi connectivity index (χ1n) is 18.7. The second kappa shape index (κ2) is 21.9. The third-order valence-corrected chi connectivity index (χ3v) is 9.93. The van der Waals surface area contributed by atoms with Crippen molar-refractivity contribution >= 4 is 36.1 Å². The second-order valence-corrected chi connectivity index (χ2v) is 13.5. The predicted molar refractivity (Wildman–Crippen MR) is 214 cm³/mol. The number of pyridine rings is 2. The summed E-state index contributed by atoms with van der Waals surface area (Å²) in [6.07, 6.45) is 10.9. The van der Waals surface area contributed by atoms with Gasteiger partial charge in [-0.05, 0) is 100 Å². The number of carbonyl (C=O) groups is 4. The standard InChI is InChI=1S/C40H48N6O4.2CH2O2/c1-27-31(13-11-15-33(27)43-39(47)35-21-37(49-3)29(23-41-35)25-45-17-7-5-8-18-45)32-14-12-16-34(28(32)2)44-40(48)36-22-38(50-4)30(24-42-36)26-46-19-9-6-10-20-46;2*2-1-3/h11-16,21-24H,5-10,17-20,25-26H2,1-4H3,(H,43,47)(H,44,48);2*1H,(H,2,3). The van der Waals surface area contributed by atoms with Gasteiger partial charge in [0.15, 0.2) is 0 Å². The third-order valence-electron chi connectivity index (χ3n) is 9.93. The van der Waals surface area contributed by atoms with Gasteiger partial charge < -0.3 is 30.3 Å². The van der Waals surface area contributed by atoms with Gasteiger partial charge in [0.05, 0.1) is 14.2 Å². The molecule has 2 fully saturated rings. The molecule has 0 radical (unpaired) electrons. The van der Waals surface area contributed by atoms with Crippen LogP contribution >= 0.6 is 0 Å². The van der Waals surface area contributed by atoms with Crippen LogP contribution in [-0.4, -0.2) is 95.1 Å². The summed E-state index contributed by atoms with van der Waals surface area (Å²) in [6, 6.07) is 15.1. The van der Waals surface area contributed by atoms with E-state index in [1.165, 1.54) is 38.5 Å². The molecule has 0 saturated carbocycles. The van der Waals surface area contributed by atoms with Crippen LogP contribution in [0.15, 0.2) is 60.9 Å². The molecule has 0 spiro atoms. The van der Waals surface area contributed by atoms with Crippen molar-refractivity contribution in [1.82, 2.24) is 19.8 Å². The number of carboxylic acid groups (broad SMARTS) is 2. The summed E-state index contributed by atoms with van der Waals surface area (Å²) in [6.45, 7) is 9.23. The van der Waals surface area contributed by atoms with E-state index in [9.17, 15) is 9.59 Å². The van der Waals surface area contributed by atoms with E-state index in [1.807, 2.05) is 50.2 Å². The number of likely N-dealkylation sites (tertiary alicyclic amines) is 2. The van der Waals surface area contributed by atoms with Crippen LogP contribution in [0, 0.1) is 13.8 Å². The second-order valence-electron chi connectivity index (χ2n) is 13.5. The summed E-state index contributed by atoms with van der Waals surface area (Å²) in [5.74, 6) is 0.710. The molecule has 2 aromatic carbocycles. The fourth-order valence-corrected chi connectivity index (χ4v) is 7.01. The molecule has 4 N–H and O–H groups in total. The fourth-order valence-electron chi connectivity index (χ4n) is 7.01. The molecule has 2 aliphatic rings. The molecular weight excluding hydrogens is 716 g/mol. The van der Waals surface area contributed by atoms with Crippen molar-refractivity contribution in [2.45, 2.75) is 65.5 Å². The Morgan fingerprint density at radius 2 is 1.02 bits per heavy atom. The van der Waals surface area contributed by atoms with Gasteiger partial charge in [-0.2, -0.15) is 0 Å². The molecule has 6 rings (SSSR count). The van der Waals surface area contributed by atoms with Gasteiger partial charge in [0.1, 0.15) is 22.9 Å². The lowest BCUT2D eigenvalue weighted by Gasteiger charge is -2.26. The average molecular weight is 769 g/mol. The van der Waals surface area contributed by atoms with Gasteiger partial charge in [0.25, 0.3) is 24.8 Å². The van der Waals surface area contributed by atoms with Crippen molar-refractivity contribution in [1.29, 1.82) is 0 Å². The normalized spacial score (nSPS) is 14.1. The fraction of sp³-hybridized carbons (Fsp3) is 0.381. The number of nitrogens with zero attached hydrogens (tertiary/aromatic N) is 4. The predicted octanol–water partition coefficient (Wildman–Crippen LogP) is 6.66. The number of aromatic nitrogens is 2. The summed E-state index contributed by atoms with van der Waals surface area (Å²) in [7, 11) is 3.26. The van der Waals surface area contributed by atoms with E-state index >= 15 is 0 Å². The molecule has 14 heteroatoms. The minimum Gasteiger partial charge on any atom is -0.496 e. The number of benzene rings is 2. The molecule has 298 valence electrons. The van der Waals surface area contributed by atoms with Crippen LogP contribution in [0.4, 0.5) is 11.4 Å². The van der Waals surface area contributed by atoms with Crippen LogP contribution in [-0.2, 0) is 22.7 Å². The smallest absolute Gasteiger partial charge is 0.290 e. The van der Waals surface area contributed by atoms with Crippen LogP contribution in [0.5, 0.6) is 11.5 Å². The Bertz CT molecular complexity index is 1800. The Kier molecular flexibility index (Phi) is 16.8. The first-order chi connectivity index (χ1) is 27.2. The Hall–Kier alpha value is -5.86. The van der Waals surface area contributed by atoms with Crippen LogP contribution in [0.25, 0.3) is 11.1 Å². The molecule has 4 aromatic rings. The molecule has 2 amide bonds. The number of anilines is 2. The van der Waals surface area contributed by atoms with E-state index in [4.69, 9.17) is 29.3 Å². The van der Waals surface area contributed by atoms with Crippen LogP contribution in [0.2, 0.25) is 0 Å². The van der Waals surface area contributed by atoms with E-state index in [1.54, 1.807) is 38.7 Å². The highest BCUT2D eigenvalue weighted by Gasteiger charge is 2.20. The number of carbonyl (C=O) groups excluding carboxylic acids is 2. The molecule has 4 heterocycles. The molecule has 0 atom stereocenters. The van der Waals surface area contributed by atoms with Gasteiger partial charge in [-0.1, -0.05) is 37.1 Å². The SMILES string of the molecule is COc1cc(C(=O)Nc2cccc(-c3cccc(NC(=O)c4cc(OC)c(CN5CCCCC5)cn4)c3C)c2C)ncc1CN1CCCCC1.O=CO.O=CO. The van der Waals surface area contributed by atoms with Gasteiger partial charge >= 0.3 is 0 Å². The Balaban J connectivity index is 0.00000109. The van der Waals surface area contributed by atoms with Crippen LogP contribution in [0.1, 0.15) is 81.8 Å². The Morgan fingerprint density at radius 1 is 0.661 bits per heavy atom. The van der Waals surface area contributed by atoms with Gasteiger partial charge in [0.2, 0.25) is 0 Å². The highest BCUT2D eigenvalue weighted by Crippen LogP contribution is 2.34. The summed E-state index contributed by atoms with van der Waals surface area (Å²) in [4.78, 5) is 57.4. The summed E-state index contributed by atoms with van der Waals surface area (Å²) in [5, 5.41) is 19.9. The quantitative estimate of drug-likeness (QED) is 0.119. The monoisotopic (exact) mass is 768 g/mol. The number of nitrogens with one attached hydrogen (secondary N) is 2. The highest BCUT2D eigenvalue weighted by molar-refractivity contribution is 6.05. The summed E-state index contributed by atoms with van der Waals surface area (Å²) < 4.78 is 11.3. The highest BCUT2D eigenvalue weighted by atomic mass is 16.5. The average Bonchev–Trinajstić information content (AvgIpc) is 3.21. The molecule has 2 aliphatic heterocycles. The van der Waals surface area contributed by atoms with Crippen LogP contribution < -0.4 is 20.1 Å². The lowest BCUT2D eigenvalue weighted by atomic mass is 9.94. The molecule has 0 bridgehead atoms. The van der Waals surface area contributed by atoms with Gasteiger partial charge in [0, 0.05) is 60.1 Å². The largest absolute Gasteiger partial charge is 0.496 e. The van der Waals surface area contributed by atoms with E-state index in [2.05, 4.69) is 30.4 Å². The zero-order valence-corrected chi connectivity index (χ0v) is 32.5. The van der Waals surface area contributed by atoms with Gasteiger partial charge in [-0.25, -0.2) is 0 Å². The maximum absolute atomic E-state index is 13.4. The van der Waals surface area contributed by atoms with E-state index < -0.39 is 0 Å². The third kappa shape index (κ3) is 11.6. The maximum atomic E-state index is 13.4. The number of piperidine rings is 2. The van der Waals surface area contributed by atoms with Gasteiger partial charge in [-0.3, -0.25) is 38.9 Å². The molecule has 2 aromatic heterocycles. The molecule has 0 unspecified atom stereocenters. The topological polar surface area (TPSA) is 184 Å². The van der Waals surface area contributed by atoms with Gasteiger partial charge in [-0.15, -0.1) is 0 Å². The lowest BCUT2D eigenvalue weighted by Crippen LogP contribution is -2.29. The summed E-state index contributed by atoms with van der Waals surface area (Å²) >= 11 is 0. The van der Waals surface area contributed by atoms with Crippen molar-refractivity contribution in [2.24, 2.45) is 0 Å². The number of ether oxygens (including phenoxy) is 2. The minimum absolute atomic E-state index is 0.250. The number of methoxy groups -OCH3 is 2. The molecule has 56 heavy (non-hydrogen) atoms. The maximum Gasteiger partial charge on any atom is 0.290 e. The van der Waals surface area contributed by atoms with Crippen molar-refractivity contribution in [2.75, 3.05) is 51.0 Å². The van der Waals surface area contributed by atoms with Crippen molar-refractivity contribution in [3.8, 4) is 22.6 Å². The van der Waals surface area contributed by atoms with Crippen molar-refractivity contribution in [3.63, 3.8) is 0 Å². The minimum atomic E-state index is -0.310. The number of hydrogen-bond donors (Lipinski definition) is 4. The molecule has 14 nitrogen and oxygen atoms in total. The van der Waals surface area contributed by atoms with E-state index in [-0.39, 0.29) is 24.8 Å². The summed E-state index contributed by atoms with van der Waals surface area (Å²) in [5.41, 5.74) is 7.59. The first-order valence-corrected chi connectivity index (χ1v) is 18.7. The first kappa shape index (κ1) is 42.9. The van der Waals surface area contributed by atoms with Crippen LogP contribution in [0.3, 0.4) is 0 Å². The lowest BCUT2D eigenvalue weighted by molar-refractivity contribution is -0.123. The van der Waals surface area contributed by atoms with Crippen molar-refractivity contribution < 1.29 is 38.9 Å². The van der Waals surface area contributed by atoms with E-state index in [0.717, 1.165) is 72.6 Å². The number of hydrogen-bond acceptors (Lipinski definition) is 10. The number of rotatable bonds is 11. The zero-order valence-electron chi connectivity index (χ0n) is 32.5. The zero-order chi connectivity index (χ0) is 40.5. The number of amides is 2. The molecular formula is C42H52N6O8.